The van der Waals surface area contributed by atoms with Crippen LogP contribution in [0.25, 0.3) is 198 Å². The monoisotopic (exact) mass is 1620 g/mol. The Balaban J connectivity index is 0.000000109. The lowest BCUT2D eigenvalue weighted by atomic mass is 9.80. The van der Waals surface area contributed by atoms with Crippen molar-refractivity contribution in [2.75, 3.05) is 0 Å². The molecule has 21 aromatic rings. The summed E-state index contributed by atoms with van der Waals surface area (Å²) in [5, 5.41) is 18.2. The van der Waals surface area contributed by atoms with Gasteiger partial charge in [-0.25, -0.2) is 0 Å². The fraction of sp³-hybridized carbons (Fsp3) is 0.118. The molecule has 0 unspecified atom stereocenters. The molecule has 0 radical (unpaired) electrons. The molecule has 21 aromatic carbocycles. The van der Waals surface area contributed by atoms with E-state index in [0.717, 1.165) is 0 Å². The van der Waals surface area contributed by atoms with Crippen molar-refractivity contribution in [2.24, 2.45) is 0 Å². The van der Waals surface area contributed by atoms with Gasteiger partial charge in [0.15, 0.2) is 0 Å². The largest absolute Gasteiger partial charge is 0.0622 e. The van der Waals surface area contributed by atoms with Gasteiger partial charge in [-0.3, -0.25) is 0 Å². The third-order valence-corrected chi connectivity index (χ3v) is 29.4. The van der Waals surface area contributed by atoms with Crippen LogP contribution < -0.4 is 0 Å². The quantitative estimate of drug-likeness (QED) is 0.140. The SMILES string of the molecule is Cc1ccc2c(-c3ccc(-c4ccccc4)cc3)c3ccccc3c(-c3ccc4c(c3)-c3ccccc3C4(C)C)c2c1.Cc1ccc2c(-c3ccc4c(c3)C(C)(C)c3ccccc3-4)c3ccccc3c(-c3ccc4c(c3)-c3ccccc3C4(C)C)c2c1.Cc1ccc2c(-c3cccc4ccccc34)c3ccccc3c(-c3ccc4c(c3)-c3ccccc3C4(C)C)c2c1. The molecular weight excluding hydrogens is 1530 g/mol. The molecule has 0 saturated heterocycles. The smallest absolute Gasteiger partial charge is 0.0159 e. The number of hydrogen-bond donors (Lipinski definition) is 0. The van der Waals surface area contributed by atoms with Crippen molar-refractivity contribution >= 4 is 75.4 Å². The molecule has 0 spiro atoms. The first-order chi connectivity index (χ1) is 61.8. The van der Waals surface area contributed by atoms with Crippen LogP contribution in [0.2, 0.25) is 0 Å². The molecule has 4 aliphatic carbocycles. The maximum atomic E-state index is 2.48. The molecule has 0 fully saturated rings. The first-order valence-electron chi connectivity index (χ1n) is 45.3. The molecule has 0 amide bonds. The van der Waals surface area contributed by atoms with Gasteiger partial charge in [0.05, 0.1) is 0 Å². The number of rotatable bonds is 7. The molecule has 0 saturated carbocycles. The molecule has 0 N–H and O–H groups in total. The Kier molecular flexibility index (Phi) is 17.8. The van der Waals surface area contributed by atoms with Crippen molar-refractivity contribution in [1.82, 2.24) is 0 Å². The van der Waals surface area contributed by atoms with Crippen LogP contribution in [0.4, 0.5) is 0 Å². The zero-order chi connectivity index (χ0) is 86.1. The number of fused-ring (bicyclic) bond motifs is 19. The molecule has 127 heavy (non-hydrogen) atoms. The lowest BCUT2D eigenvalue weighted by molar-refractivity contribution is 0.660. The summed E-state index contributed by atoms with van der Waals surface area (Å²) in [5.41, 5.74) is 44.1. The molecule has 0 aromatic heterocycles. The van der Waals surface area contributed by atoms with Crippen molar-refractivity contribution in [3.63, 3.8) is 0 Å². The average molecular weight is 1620 g/mol. The Hall–Kier alpha value is -14.6. The van der Waals surface area contributed by atoms with Gasteiger partial charge in [0, 0.05) is 21.7 Å². The van der Waals surface area contributed by atoms with Crippen LogP contribution in [0.5, 0.6) is 0 Å². The van der Waals surface area contributed by atoms with E-state index in [0.29, 0.717) is 0 Å². The summed E-state index contributed by atoms with van der Waals surface area (Å²) in [6.07, 6.45) is 0. The Bertz CT molecular complexity index is 8190. The van der Waals surface area contributed by atoms with Gasteiger partial charge in [-0.2, -0.15) is 0 Å². The van der Waals surface area contributed by atoms with Gasteiger partial charge in [0.2, 0.25) is 0 Å². The van der Waals surface area contributed by atoms with Crippen LogP contribution >= 0.6 is 0 Å². The van der Waals surface area contributed by atoms with Gasteiger partial charge < -0.3 is 0 Å². The van der Waals surface area contributed by atoms with Crippen LogP contribution in [-0.4, -0.2) is 0 Å². The summed E-state index contributed by atoms with van der Waals surface area (Å²) in [5.74, 6) is 0. The molecular formula is C127H98. The molecule has 0 atom stereocenters. The van der Waals surface area contributed by atoms with Gasteiger partial charge in [0.1, 0.15) is 0 Å². The molecule has 4 aliphatic rings. The van der Waals surface area contributed by atoms with E-state index in [1.165, 1.54) is 259 Å². The van der Waals surface area contributed by atoms with Gasteiger partial charge in [-0.05, 0) is 287 Å². The highest BCUT2D eigenvalue weighted by Crippen LogP contribution is 2.58. The topological polar surface area (TPSA) is 0 Å². The van der Waals surface area contributed by atoms with Gasteiger partial charge >= 0.3 is 0 Å². The van der Waals surface area contributed by atoms with E-state index < -0.39 is 0 Å². The first kappa shape index (κ1) is 77.3. The summed E-state index contributed by atoms with van der Waals surface area (Å²) < 4.78 is 0. The van der Waals surface area contributed by atoms with Crippen molar-refractivity contribution < 1.29 is 0 Å². The van der Waals surface area contributed by atoms with Gasteiger partial charge in [-0.15, -0.1) is 0 Å². The van der Waals surface area contributed by atoms with E-state index in [2.05, 4.69) is 470 Å². The minimum atomic E-state index is -0.0431. The number of benzene rings is 21. The van der Waals surface area contributed by atoms with Crippen LogP contribution in [0, 0.1) is 20.8 Å². The summed E-state index contributed by atoms with van der Waals surface area (Å²) in [6.45, 7) is 25.5. The molecule has 0 bridgehead atoms. The predicted octanol–water partition coefficient (Wildman–Crippen LogP) is 35.0. The zero-order valence-electron chi connectivity index (χ0n) is 74.0. The second-order valence-corrected chi connectivity index (χ2v) is 38.2. The van der Waals surface area contributed by atoms with Crippen LogP contribution in [-0.2, 0) is 21.7 Å². The predicted molar refractivity (Wildman–Crippen MR) is 544 cm³/mol. The minimum Gasteiger partial charge on any atom is -0.0622 e. The van der Waals surface area contributed by atoms with Crippen molar-refractivity contribution in [3.8, 4) is 122 Å². The van der Waals surface area contributed by atoms with E-state index >= 15 is 0 Å². The summed E-state index contributed by atoms with van der Waals surface area (Å²) in [6, 6.07) is 148. The van der Waals surface area contributed by atoms with E-state index in [-0.39, 0.29) is 21.7 Å². The van der Waals surface area contributed by atoms with E-state index in [1.54, 1.807) is 0 Å². The van der Waals surface area contributed by atoms with Crippen LogP contribution in [0.15, 0.2) is 394 Å². The summed E-state index contributed by atoms with van der Waals surface area (Å²) >= 11 is 0. The highest BCUT2D eigenvalue weighted by atomic mass is 14.4. The molecule has 606 valence electrons. The third-order valence-electron chi connectivity index (χ3n) is 29.4. The standard InChI is InChI=1S/C45H36.C42H32.C40H30/c1-27-18-21-35-37(24-27)43(28-20-23-40-36(25-28)31-13-9-11-17-39(31)44(40,2)3)34-15-7-6-14-33(34)42(35)29-19-22-32-30-12-8-10-16-38(30)45(4,5)41(32)26-29;1-27-17-23-35-37(25-27)41(31-22-24-39-36(26-31)32-13-9-10-16-38(32)42(39,2)3)34-15-8-7-14-33(34)40(35)30-20-18-29(19-21-30)28-11-5-4-6-12-28;1-25-19-21-33-35(23-25)38(27-20-22-37-34(24-27)29-14-8-9-18-36(29)40(37,2)3)31-15-6-7-16-32(31)39(33)30-17-10-12-26-11-4-5-13-28(26)30/h6-26H,1-5H3;4-26H,1-3H3;4-24H,1-3H3. The van der Waals surface area contributed by atoms with E-state index in [1.807, 2.05) is 0 Å². The second-order valence-electron chi connectivity index (χ2n) is 38.2. The average Bonchev–Trinajstić information content (AvgIpc) is 1.52. The first-order valence-corrected chi connectivity index (χ1v) is 45.3. The third kappa shape index (κ3) is 12.1. The van der Waals surface area contributed by atoms with E-state index in [9.17, 15) is 0 Å². The Labute approximate surface area is 745 Å². The normalized spacial score (nSPS) is 14.0. The molecule has 0 nitrogen and oxygen atoms in total. The second kappa shape index (κ2) is 29.3. The Morgan fingerprint density at radius 1 is 0.134 bits per heavy atom. The van der Waals surface area contributed by atoms with Crippen LogP contribution in [0.3, 0.4) is 0 Å². The molecule has 25 rings (SSSR count). The Morgan fingerprint density at radius 2 is 0.386 bits per heavy atom. The fourth-order valence-corrected chi connectivity index (χ4v) is 23.1. The molecule has 0 aliphatic heterocycles. The number of hydrogen-bond acceptors (Lipinski definition) is 0. The van der Waals surface area contributed by atoms with Crippen molar-refractivity contribution in [1.29, 1.82) is 0 Å². The fourth-order valence-electron chi connectivity index (χ4n) is 23.1. The Morgan fingerprint density at radius 3 is 0.803 bits per heavy atom. The lowest BCUT2D eigenvalue weighted by Gasteiger charge is -2.23. The maximum absolute atomic E-state index is 2.48. The molecule has 0 heteroatoms. The van der Waals surface area contributed by atoms with Crippen LogP contribution in [0.1, 0.15) is 117 Å². The van der Waals surface area contributed by atoms with Gasteiger partial charge in [0.25, 0.3) is 0 Å². The summed E-state index contributed by atoms with van der Waals surface area (Å²) in [7, 11) is 0. The van der Waals surface area contributed by atoms with Crippen molar-refractivity contribution in [3.05, 3.63) is 456 Å². The maximum Gasteiger partial charge on any atom is 0.0159 e. The van der Waals surface area contributed by atoms with Gasteiger partial charge in [-0.1, -0.05) is 442 Å². The highest BCUT2D eigenvalue weighted by Gasteiger charge is 2.40. The zero-order valence-corrected chi connectivity index (χ0v) is 74.0. The highest BCUT2D eigenvalue weighted by molar-refractivity contribution is 6.26. The lowest BCUT2D eigenvalue weighted by Crippen LogP contribution is -2.14. The number of aryl methyl sites for hydroxylation is 3. The van der Waals surface area contributed by atoms with Crippen molar-refractivity contribution in [2.45, 2.75) is 97.8 Å². The molecule has 0 heterocycles. The van der Waals surface area contributed by atoms with E-state index in [4.69, 9.17) is 0 Å². The summed E-state index contributed by atoms with van der Waals surface area (Å²) in [4.78, 5) is 0. The minimum absolute atomic E-state index is 0.000943.